The van der Waals surface area contributed by atoms with Gasteiger partial charge in [0.05, 0.1) is 20.8 Å². The van der Waals surface area contributed by atoms with Crippen LogP contribution in [0.3, 0.4) is 0 Å². The minimum absolute atomic E-state index is 0.239. The number of benzene rings is 2. The predicted molar refractivity (Wildman–Crippen MR) is 97.7 cm³/mol. The number of nitrogens with zero attached hydrogens (tertiary/aromatic N) is 1. The van der Waals surface area contributed by atoms with Crippen LogP contribution in [0.2, 0.25) is 5.02 Å². The van der Waals surface area contributed by atoms with Crippen LogP contribution in [0.1, 0.15) is 42.1 Å². The molecule has 0 radical (unpaired) electrons. The topological polar surface area (TPSA) is 42.0 Å². The van der Waals surface area contributed by atoms with E-state index < -0.39 is 0 Å². The first-order chi connectivity index (χ1) is 11.1. The van der Waals surface area contributed by atoms with Crippen molar-refractivity contribution in [3.05, 3.63) is 58.6 Å². The Balaban J connectivity index is 1.86. The molecule has 1 unspecified atom stereocenters. The summed E-state index contributed by atoms with van der Waals surface area (Å²) < 4.78 is 1.08. The minimum atomic E-state index is -0.239. The monoisotopic (exact) mass is 344 g/mol. The summed E-state index contributed by atoms with van der Waals surface area (Å²) in [5, 5.41) is 3.86. The van der Waals surface area contributed by atoms with Gasteiger partial charge in [-0.2, -0.15) is 0 Å². The zero-order valence-electron chi connectivity index (χ0n) is 13.0. The Hall–Kier alpha value is -1.91. The summed E-state index contributed by atoms with van der Waals surface area (Å²) in [6, 6.07) is 13.3. The SMILES string of the molecule is CCC(C)c1ccc2nc(NC(=O)c3ccccc3Cl)sc2c1. The van der Waals surface area contributed by atoms with Gasteiger partial charge in [0.2, 0.25) is 0 Å². The molecule has 3 aromatic rings. The zero-order valence-corrected chi connectivity index (χ0v) is 14.5. The fraction of sp³-hybridized carbons (Fsp3) is 0.222. The fourth-order valence-corrected chi connectivity index (χ4v) is 3.48. The van der Waals surface area contributed by atoms with Crippen molar-refractivity contribution in [3.8, 4) is 0 Å². The first-order valence-corrected chi connectivity index (χ1v) is 8.74. The minimum Gasteiger partial charge on any atom is -0.298 e. The average molecular weight is 345 g/mol. The van der Waals surface area contributed by atoms with Crippen LogP contribution in [0.25, 0.3) is 10.2 Å². The second-order valence-corrected chi connectivity index (χ2v) is 6.93. The van der Waals surface area contributed by atoms with Crippen LogP contribution in [0.4, 0.5) is 5.13 Å². The molecule has 3 nitrogen and oxygen atoms in total. The molecule has 1 atom stereocenters. The van der Waals surface area contributed by atoms with Gasteiger partial charge in [-0.05, 0) is 42.2 Å². The Morgan fingerprint density at radius 3 is 2.83 bits per heavy atom. The van der Waals surface area contributed by atoms with E-state index in [1.165, 1.54) is 16.9 Å². The Kier molecular flexibility index (Phi) is 4.64. The van der Waals surface area contributed by atoms with Crippen LogP contribution < -0.4 is 5.32 Å². The molecule has 118 valence electrons. The fourth-order valence-electron chi connectivity index (χ4n) is 2.35. The van der Waals surface area contributed by atoms with Crippen LogP contribution in [0, 0.1) is 0 Å². The van der Waals surface area contributed by atoms with Gasteiger partial charge in [-0.15, -0.1) is 0 Å². The largest absolute Gasteiger partial charge is 0.298 e. The molecule has 1 aromatic heterocycles. The first kappa shape index (κ1) is 16.0. The molecule has 0 aliphatic rings. The van der Waals surface area contributed by atoms with Gasteiger partial charge in [0.1, 0.15) is 0 Å². The number of aromatic nitrogens is 1. The Labute approximate surface area is 144 Å². The van der Waals surface area contributed by atoms with Crippen LogP contribution >= 0.6 is 22.9 Å². The van der Waals surface area contributed by atoms with E-state index >= 15 is 0 Å². The van der Waals surface area contributed by atoms with Crippen LogP contribution in [-0.2, 0) is 0 Å². The third kappa shape index (κ3) is 3.38. The van der Waals surface area contributed by atoms with E-state index in [4.69, 9.17) is 11.6 Å². The number of carbonyl (C=O) groups is 1. The summed E-state index contributed by atoms with van der Waals surface area (Å²) in [6.07, 6.45) is 1.10. The van der Waals surface area contributed by atoms with Crippen molar-refractivity contribution in [2.24, 2.45) is 0 Å². The number of anilines is 1. The molecule has 0 saturated carbocycles. The van der Waals surface area contributed by atoms with Gasteiger partial charge in [0.15, 0.2) is 5.13 Å². The summed E-state index contributed by atoms with van der Waals surface area (Å²) in [4.78, 5) is 16.8. The number of halogens is 1. The van der Waals surface area contributed by atoms with Crippen LogP contribution in [0.5, 0.6) is 0 Å². The summed E-state index contributed by atoms with van der Waals surface area (Å²) in [6.45, 7) is 4.39. The van der Waals surface area contributed by atoms with Crippen molar-refractivity contribution in [3.63, 3.8) is 0 Å². The van der Waals surface area contributed by atoms with Gasteiger partial charge < -0.3 is 0 Å². The molecule has 1 N–H and O–H groups in total. The van der Waals surface area contributed by atoms with Crippen LogP contribution in [-0.4, -0.2) is 10.9 Å². The van der Waals surface area contributed by atoms with E-state index in [1.807, 2.05) is 6.07 Å². The average Bonchev–Trinajstić information content (AvgIpc) is 2.95. The third-order valence-corrected chi connectivity index (χ3v) is 5.20. The van der Waals surface area contributed by atoms with Gasteiger partial charge >= 0.3 is 0 Å². The molecule has 5 heteroatoms. The van der Waals surface area contributed by atoms with Crippen molar-refractivity contribution < 1.29 is 4.79 Å². The number of amides is 1. The van der Waals surface area contributed by atoms with Gasteiger partial charge in [0.25, 0.3) is 5.91 Å². The van der Waals surface area contributed by atoms with E-state index in [-0.39, 0.29) is 5.91 Å². The maximum absolute atomic E-state index is 12.3. The number of thiazole rings is 1. The number of carbonyl (C=O) groups excluding carboxylic acids is 1. The maximum Gasteiger partial charge on any atom is 0.258 e. The molecule has 23 heavy (non-hydrogen) atoms. The maximum atomic E-state index is 12.3. The highest BCUT2D eigenvalue weighted by Crippen LogP contribution is 2.30. The quantitative estimate of drug-likeness (QED) is 0.658. The van der Waals surface area contributed by atoms with E-state index in [9.17, 15) is 4.79 Å². The van der Waals surface area contributed by atoms with E-state index in [1.54, 1.807) is 24.3 Å². The summed E-state index contributed by atoms with van der Waals surface area (Å²) in [7, 11) is 0. The molecule has 1 heterocycles. The van der Waals surface area contributed by atoms with Gasteiger partial charge in [-0.3, -0.25) is 10.1 Å². The highest BCUT2D eigenvalue weighted by Gasteiger charge is 2.13. The number of hydrogen-bond acceptors (Lipinski definition) is 3. The van der Waals surface area contributed by atoms with Gasteiger partial charge in [0, 0.05) is 0 Å². The lowest BCUT2D eigenvalue weighted by Gasteiger charge is -2.07. The third-order valence-electron chi connectivity index (χ3n) is 3.93. The number of fused-ring (bicyclic) bond motifs is 1. The second-order valence-electron chi connectivity index (χ2n) is 5.49. The van der Waals surface area contributed by atoms with Crippen molar-refractivity contribution in [1.82, 2.24) is 4.98 Å². The first-order valence-electron chi connectivity index (χ1n) is 7.55. The summed E-state index contributed by atoms with van der Waals surface area (Å²) in [5.41, 5.74) is 2.65. The second kappa shape index (κ2) is 6.69. The highest BCUT2D eigenvalue weighted by molar-refractivity contribution is 7.22. The molecule has 0 bridgehead atoms. The standard InChI is InChI=1S/C18H17ClN2OS/c1-3-11(2)12-8-9-15-16(10-12)23-18(20-15)21-17(22)13-6-4-5-7-14(13)19/h4-11H,3H2,1-2H3,(H,20,21,22). The Morgan fingerprint density at radius 2 is 2.09 bits per heavy atom. The van der Waals surface area contributed by atoms with E-state index in [0.717, 1.165) is 16.6 Å². The molecule has 0 spiro atoms. The molecular weight excluding hydrogens is 328 g/mol. The number of nitrogens with one attached hydrogen (secondary N) is 1. The summed E-state index contributed by atoms with van der Waals surface area (Å²) in [5.74, 6) is 0.277. The number of rotatable bonds is 4. The molecule has 0 saturated heterocycles. The lowest BCUT2D eigenvalue weighted by atomic mass is 9.99. The normalized spacial score (nSPS) is 12.3. The van der Waals surface area contributed by atoms with Crippen molar-refractivity contribution in [2.75, 3.05) is 5.32 Å². The lowest BCUT2D eigenvalue weighted by Crippen LogP contribution is -2.11. The molecule has 2 aromatic carbocycles. The molecule has 1 amide bonds. The Bertz CT molecular complexity index is 859. The number of hydrogen-bond donors (Lipinski definition) is 1. The van der Waals surface area contributed by atoms with E-state index in [2.05, 4.69) is 36.3 Å². The molecule has 0 aliphatic heterocycles. The molecular formula is C18H17ClN2OS. The van der Waals surface area contributed by atoms with Crippen molar-refractivity contribution in [2.45, 2.75) is 26.2 Å². The Morgan fingerprint density at radius 1 is 1.30 bits per heavy atom. The summed E-state index contributed by atoms with van der Waals surface area (Å²) >= 11 is 7.54. The predicted octanol–water partition coefficient (Wildman–Crippen LogP) is 5.72. The van der Waals surface area contributed by atoms with Crippen molar-refractivity contribution >= 4 is 44.2 Å². The lowest BCUT2D eigenvalue weighted by molar-refractivity contribution is 0.102. The molecule has 0 fully saturated rings. The van der Waals surface area contributed by atoms with Crippen LogP contribution in [0.15, 0.2) is 42.5 Å². The van der Waals surface area contributed by atoms with E-state index in [0.29, 0.717) is 21.6 Å². The smallest absolute Gasteiger partial charge is 0.258 e. The highest BCUT2D eigenvalue weighted by atomic mass is 35.5. The van der Waals surface area contributed by atoms with Crippen molar-refractivity contribution in [1.29, 1.82) is 0 Å². The van der Waals surface area contributed by atoms with Gasteiger partial charge in [-0.25, -0.2) is 4.98 Å². The zero-order chi connectivity index (χ0) is 16.4. The molecule has 3 rings (SSSR count). The van der Waals surface area contributed by atoms with Gasteiger partial charge in [-0.1, -0.05) is 55.0 Å². The molecule has 0 aliphatic carbocycles.